The van der Waals surface area contributed by atoms with E-state index in [1.807, 2.05) is 53.4 Å². The van der Waals surface area contributed by atoms with Gasteiger partial charge in [0.15, 0.2) is 0 Å². The summed E-state index contributed by atoms with van der Waals surface area (Å²) in [6.45, 7) is 0.454. The number of aromatic nitrogens is 1. The van der Waals surface area contributed by atoms with Gasteiger partial charge in [0.05, 0.1) is 0 Å². The van der Waals surface area contributed by atoms with Crippen LogP contribution in [-0.4, -0.2) is 39.0 Å². The van der Waals surface area contributed by atoms with Gasteiger partial charge in [-0.3, -0.25) is 9.59 Å². The van der Waals surface area contributed by atoms with Crippen molar-refractivity contribution < 1.29 is 19.1 Å². The van der Waals surface area contributed by atoms with Crippen molar-refractivity contribution in [2.45, 2.75) is 51.1 Å². The van der Waals surface area contributed by atoms with Crippen LogP contribution in [0.3, 0.4) is 0 Å². The number of carbonyl (C=O) groups excluding carboxylic acids is 1. The van der Waals surface area contributed by atoms with Gasteiger partial charge in [0.25, 0.3) is 0 Å². The summed E-state index contributed by atoms with van der Waals surface area (Å²) in [6.07, 6.45) is 3.86. The third kappa shape index (κ3) is 5.58. The van der Waals surface area contributed by atoms with Crippen LogP contribution in [0.15, 0.2) is 78.9 Å². The van der Waals surface area contributed by atoms with Crippen molar-refractivity contribution in [2.24, 2.45) is 0 Å². The molecule has 0 fully saturated rings. The standard InChI is InChI=1S/C31H31FN2O3/c32-24-12-14-28-26(19-24)27-20-25(13-15-29(27)34(28)21-31(36)37)33(18-17-23-9-5-2-6-10-23)30(35)16-11-22-7-3-1-4-8-22/h1-10,12,14,19,25H,11,13,15-18,20-21H2,(H,36,37)/t25-/m0/s1. The smallest absolute Gasteiger partial charge is 0.323 e. The highest BCUT2D eigenvalue weighted by atomic mass is 19.1. The van der Waals surface area contributed by atoms with Gasteiger partial charge >= 0.3 is 5.97 Å². The summed E-state index contributed by atoms with van der Waals surface area (Å²) in [6, 6.07) is 24.7. The zero-order valence-electron chi connectivity index (χ0n) is 20.8. The number of carbonyl (C=O) groups is 2. The second-order valence-corrected chi connectivity index (χ2v) is 9.77. The minimum absolute atomic E-state index is 0.0216. The average Bonchev–Trinajstić information content (AvgIpc) is 3.20. The molecule has 0 radical (unpaired) electrons. The van der Waals surface area contributed by atoms with Gasteiger partial charge in [0.1, 0.15) is 12.4 Å². The van der Waals surface area contributed by atoms with Gasteiger partial charge in [-0.25, -0.2) is 4.39 Å². The molecule has 0 bridgehead atoms. The summed E-state index contributed by atoms with van der Waals surface area (Å²) in [5.41, 5.74) is 4.96. The Bertz CT molecular complexity index is 1400. The molecule has 0 saturated carbocycles. The van der Waals surface area contributed by atoms with Crippen LogP contribution >= 0.6 is 0 Å². The van der Waals surface area contributed by atoms with E-state index in [1.165, 1.54) is 17.7 Å². The van der Waals surface area contributed by atoms with E-state index in [2.05, 4.69) is 12.1 Å². The van der Waals surface area contributed by atoms with E-state index >= 15 is 0 Å². The quantitative estimate of drug-likeness (QED) is 0.335. The third-order valence-electron chi connectivity index (χ3n) is 7.41. The van der Waals surface area contributed by atoms with E-state index in [9.17, 15) is 19.1 Å². The number of aryl methyl sites for hydroxylation is 1. The fraction of sp³-hybridized carbons (Fsp3) is 0.290. The van der Waals surface area contributed by atoms with Crippen molar-refractivity contribution in [3.63, 3.8) is 0 Å². The lowest BCUT2D eigenvalue weighted by Crippen LogP contribution is -2.44. The lowest BCUT2D eigenvalue weighted by Gasteiger charge is -2.35. The second-order valence-electron chi connectivity index (χ2n) is 9.77. The molecular formula is C31H31FN2O3. The summed E-state index contributed by atoms with van der Waals surface area (Å²) in [7, 11) is 0. The Morgan fingerprint density at radius 3 is 2.30 bits per heavy atom. The number of hydrogen-bond acceptors (Lipinski definition) is 2. The molecule has 4 aromatic rings. The molecule has 0 saturated heterocycles. The fourth-order valence-electron chi connectivity index (χ4n) is 5.63. The molecule has 5 rings (SSSR count). The van der Waals surface area contributed by atoms with Crippen LogP contribution in [0.5, 0.6) is 0 Å². The maximum Gasteiger partial charge on any atom is 0.323 e. The molecule has 0 unspecified atom stereocenters. The van der Waals surface area contributed by atoms with Crippen molar-refractivity contribution in [3.05, 3.63) is 107 Å². The Morgan fingerprint density at radius 1 is 0.946 bits per heavy atom. The van der Waals surface area contributed by atoms with Crippen LogP contribution in [0.25, 0.3) is 10.9 Å². The van der Waals surface area contributed by atoms with Crippen LogP contribution in [0.1, 0.15) is 35.2 Å². The first-order valence-corrected chi connectivity index (χ1v) is 12.9. The monoisotopic (exact) mass is 498 g/mol. The van der Waals surface area contributed by atoms with Crippen LogP contribution in [0, 0.1) is 5.82 Å². The molecule has 1 aliphatic rings. The molecule has 1 atom stereocenters. The molecule has 1 aliphatic carbocycles. The summed E-state index contributed by atoms with van der Waals surface area (Å²) < 4.78 is 16.0. The number of fused-ring (bicyclic) bond motifs is 3. The number of nitrogens with zero attached hydrogens (tertiary/aromatic N) is 2. The minimum Gasteiger partial charge on any atom is -0.480 e. The SMILES string of the molecule is O=C(O)Cn1c2c(c3cc(F)ccc31)C[C@@H](N(CCc1ccccc1)C(=O)CCc1ccccc1)CC2. The number of benzene rings is 3. The van der Waals surface area contributed by atoms with Gasteiger partial charge in [0.2, 0.25) is 5.91 Å². The van der Waals surface area contributed by atoms with Crippen molar-refractivity contribution in [3.8, 4) is 0 Å². The Morgan fingerprint density at radius 2 is 1.62 bits per heavy atom. The average molecular weight is 499 g/mol. The van der Waals surface area contributed by atoms with E-state index in [4.69, 9.17) is 0 Å². The van der Waals surface area contributed by atoms with Crippen molar-refractivity contribution >= 4 is 22.8 Å². The first kappa shape index (κ1) is 24.8. The zero-order valence-corrected chi connectivity index (χ0v) is 20.8. The highest BCUT2D eigenvalue weighted by molar-refractivity contribution is 5.87. The Kier molecular flexibility index (Phi) is 7.35. The number of carboxylic acid groups (broad SMARTS) is 1. The highest BCUT2D eigenvalue weighted by Crippen LogP contribution is 2.34. The third-order valence-corrected chi connectivity index (χ3v) is 7.41. The second kappa shape index (κ2) is 11.0. The molecule has 1 aromatic heterocycles. The van der Waals surface area contributed by atoms with E-state index in [0.717, 1.165) is 40.6 Å². The molecule has 5 nitrogen and oxygen atoms in total. The molecular weight excluding hydrogens is 467 g/mol. The molecule has 1 heterocycles. The largest absolute Gasteiger partial charge is 0.480 e. The maximum atomic E-state index is 14.2. The summed E-state index contributed by atoms with van der Waals surface area (Å²) >= 11 is 0. The van der Waals surface area contributed by atoms with E-state index in [1.54, 1.807) is 10.6 Å². The number of amides is 1. The Hall–Kier alpha value is -3.93. The topological polar surface area (TPSA) is 62.5 Å². The van der Waals surface area contributed by atoms with Crippen LogP contribution < -0.4 is 0 Å². The van der Waals surface area contributed by atoms with Crippen molar-refractivity contribution in [2.75, 3.05) is 6.54 Å². The van der Waals surface area contributed by atoms with E-state index in [0.29, 0.717) is 32.2 Å². The molecule has 3 aromatic carbocycles. The van der Waals surface area contributed by atoms with E-state index < -0.39 is 5.97 Å². The molecule has 190 valence electrons. The van der Waals surface area contributed by atoms with Crippen molar-refractivity contribution in [1.29, 1.82) is 0 Å². The fourth-order valence-corrected chi connectivity index (χ4v) is 5.63. The van der Waals surface area contributed by atoms with Crippen LogP contribution in [0.2, 0.25) is 0 Å². The minimum atomic E-state index is -0.924. The molecule has 1 N–H and O–H groups in total. The molecule has 0 aliphatic heterocycles. The number of hydrogen-bond donors (Lipinski definition) is 1. The Labute approximate surface area is 216 Å². The van der Waals surface area contributed by atoms with Gasteiger partial charge in [0, 0.05) is 35.6 Å². The van der Waals surface area contributed by atoms with Gasteiger partial charge in [-0.1, -0.05) is 60.7 Å². The van der Waals surface area contributed by atoms with Gasteiger partial charge < -0.3 is 14.6 Å². The summed E-state index contributed by atoms with van der Waals surface area (Å²) in [4.78, 5) is 27.2. The normalized spacial score (nSPS) is 14.9. The summed E-state index contributed by atoms with van der Waals surface area (Å²) in [5, 5.41) is 10.2. The van der Waals surface area contributed by atoms with Gasteiger partial charge in [-0.05, 0) is 67.0 Å². The van der Waals surface area contributed by atoms with Crippen LogP contribution in [0.4, 0.5) is 4.39 Å². The summed E-state index contributed by atoms with van der Waals surface area (Å²) in [5.74, 6) is -1.15. The lowest BCUT2D eigenvalue weighted by molar-refractivity contribution is -0.137. The molecule has 37 heavy (non-hydrogen) atoms. The van der Waals surface area contributed by atoms with E-state index in [-0.39, 0.29) is 24.3 Å². The predicted octanol–water partition coefficient (Wildman–Crippen LogP) is 5.43. The first-order chi connectivity index (χ1) is 18.0. The maximum absolute atomic E-state index is 14.2. The number of carboxylic acids is 1. The number of halogens is 1. The predicted molar refractivity (Wildman–Crippen MR) is 142 cm³/mol. The number of aliphatic carboxylic acids is 1. The molecule has 0 spiro atoms. The molecule has 1 amide bonds. The first-order valence-electron chi connectivity index (χ1n) is 12.9. The van der Waals surface area contributed by atoms with Crippen molar-refractivity contribution in [1.82, 2.24) is 9.47 Å². The van der Waals surface area contributed by atoms with Gasteiger partial charge in [-0.15, -0.1) is 0 Å². The highest BCUT2D eigenvalue weighted by Gasteiger charge is 2.31. The zero-order chi connectivity index (χ0) is 25.8. The molecule has 6 heteroatoms. The Balaban J connectivity index is 1.42. The van der Waals surface area contributed by atoms with Crippen LogP contribution in [-0.2, 0) is 41.8 Å². The van der Waals surface area contributed by atoms with Gasteiger partial charge in [-0.2, -0.15) is 0 Å². The number of rotatable bonds is 9. The lowest BCUT2D eigenvalue weighted by atomic mass is 9.89.